The van der Waals surface area contributed by atoms with Gasteiger partial charge in [0.25, 0.3) is 0 Å². The van der Waals surface area contributed by atoms with Crippen molar-refractivity contribution in [3.8, 4) is 11.6 Å². The van der Waals surface area contributed by atoms with Crippen molar-refractivity contribution in [3.63, 3.8) is 0 Å². The maximum Gasteiger partial charge on any atom is 0.248 e. The number of rotatable bonds is 5. The first-order valence-corrected chi connectivity index (χ1v) is 11.6. The molecule has 0 saturated carbocycles. The Morgan fingerprint density at radius 3 is 2.59 bits per heavy atom. The van der Waals surface area contributed by atoms with E-state index in [1.165, 1.54) is 11.9 Å². The number of aromatic nitrogens is 3. The van der Waals surface area contributed by atoms with Crippen molar-refractivity contribution < 1.29 is 4.74 Å². The molecule has 162 valence electrons. The quantitative estimate of drug-likeness (QED) is 0.391. The second-order valence-corrected chi connectivity index (χ2v) is 8.94. The molecule has 0 aliphatic carbocycles. The number of pyridine rings is 1. The molecular formula is C25H24BrN5O. The van der Waals surface area contributed by atoms with Crippen LogP contribution in [0, 0.1) is 5.92 Å². The van der Waals surface area contributed by atoms with E-state index in [0.29, 0.717) is 23.2 Å². The first kappa shape index (κ1) is 20.7. The summed E-state index contributed by atoms with van der Waals surface area (Å²) in [6, 6.07) is 18.4. The lowest BCUT2D eigenvalue weighted by Gasteiger charge is -2.33. The Labute approximate surface area is 195 Å². The van der Waals surface area contributed by atoms with Crippen LogP contribution in [-0.4, -0.2) is 28.0 Å². The highest BCUT2D eigenvalue weighted by atomic mass is 79.9. The van der Waals surface area contributed by atoms with Crippen LogP contribution >= 0.6 is 15.9 Å². The van der Waals surface area contributed by atoms with E-state index in [-0.39, 0.29) is 0 Å². The number of nitrogens with zero attached hydrogens (tertiary/aromatic N) is 4. The van der Waals surface area contributed by atoms with Gasteiger partial charge in [0.2, 0.25) is 5.88 Å². The number of nitrogen functional groups attached to an aromatic ring is 1. The lowest BCUT2D eigenvalue weighted by atomic mass is 9.90. The third-order valence-corrected chi connectivity index (χ3v) is 6.69. The zero-order valence-corrected chi connectivity index (χ0v) is 19.2. The van der Waals surface area contributed by atoms with E-state index in [9.17, 15) is 0 Å². The highest BCUT2D eigenvalue weighted by molar-refractivity contribution is 9.10. The number of benzene rings is 2. The van der Waals surface area contributed by atoms with Gasteiger partial charge >= 0.3 is 0 Å². The van der Waals surface area contributed by atoms with Crippen LogP contribution in [0.25, 0.3) is 10.9 Å². The van der Waals surface area contributed by atoms with Crippen LogP contribution in [-0.2, 0) is 6.42 Å². The van der Waals surface area contributed by atoms with Gasteiger partial charge in [-0.3, -0.25) is 4.98 Å². The molecule has 0 amide bonds. The number of hydrogen-bond donors (Lipinski definition) is 1. The Kier molecular flexibility index (Phi) is 5.90. The fourth-order valence-corrected chi connectivity index (χ4v) is 4.75. The van der Waals surface area contributed by atoms with Gasteiger partial charge in [-0.1, -0.05) is 52.3 Å². The zero-order valence-electron chi connectivity index (χ0n) is 17.6. The standard InChI is InChI=1S/C25H24BrN5O/c26-20-8-9-21(23-19(20)7-4-12-28-23)32-25-22(27)24(29-16-30-25)31-13-10-18(11-14-31)15-17-5-2-1-3-6-17/h1-9,12,16,18H,10-11,13-15,27H2. The van der Waals surface area contributed by atoms with E-state index < -0.39 is 0 Å². The van der Waals surface area contributed by atoms with Crippen LogP contribution in [0.3, 0.4) is 0 Å². The van der Waals surface area contributed by atoms with Crippen LogP contribution in [0.2, 0.25) is 0 Å². The molecule has 0 atom stereocenters. The summed E-state index contributed by atoms with van der Waals surface area (Å²) in [5.74, 6) is 2.38. The Morgan fingerprint density at radius 2 is 1.78 bits per heavy atom. The van der Waals surface area contributed by atoms with Gasteiger partial charge in [0, 0.05) is 29.1 Å². The molecule has 2 N–H and O–H groups in total. The summed E-state index contributed by atoms with van der Waals surface area (Å²) in [7, 11) is 0. The summed E-state index contributed by atoms with van der Waals surface area (Å²) in [6.45, 7) is 1.84. The molecule has 0 spiro atoms. The SMILES string of the molecule is Nc1c(Oc2ccc(Br)c3cccnc23)ncnc1N1CCC(Cc2ccccc2)CC1. The molecule has 3 heterocycles. The monoisotopic (exact) mass is 489 g/mol. The van der Waals surface area contributed by atoms with Crippen molar-refractivity contribution in [1.82, 2.24) is 15.0 Å². The maximum atomic E-state index is 6.47. The average Bonchev–Trinajstić information content (AvgIpc) is 2.84. The van der Waals surface area contributed by atoms with Gasteiger partial charge in [0.1, 0.15) is 17.5 Å². The van der Waals surface area contributed by atoms with Crippen LogP contribution in [0.5, 0.6) is 11.6 Å². The van der Waals surface area contributed by atoms with E-state index in [2.05, 4.69) is 66.1 Å². The van der Waals surface area contributed by atoms with Crippen LogP contribution < -0.4 is 15.4 Å². The number of nitrogens with two attached hydrogens (primary N) is 1. The van der Waals surface area contributed by atoms with E-state index in [0.717, 1.165) is 53.5 Å². The maximum absolute atomic E-state index is 6.47. The summed E-state index contributed by atoms with van der Waals surface area (Å²) in [5, 5.41) is 0.971. The molecule has 32 heavy (non-hydrogen) atoms. The minimum absolute atomic E-state index is 0.357. The number of halogens is 1. The molecule has 1 fully saturated rings. The normalized spacial score (nSPS) is 14.6. The van der Waals surface area contributed by atoms with E-state index in [1.54, 1.807) is 6.20 Å². The topological polar surface area (TPSA) is 77.2 Å². The first-order chi connectivity index (χ1) is 15.7. The molecule has 7 heteroatoms. The molecule has 1 saturated heterocycles. The van der Waals surface area contributed by atoms with E-state index in [1.807, 2.05) is 24.3 Å². The van der Waals surface area contributed by atoms with Crippen LogP contribution in [0.1, 0.15) is 18.4 Å². The van der Waals surface area contributed by atoms with Gasteiger partial charge in [-0.05, 0) is 48.9 Å². The Morgan fingerprint density at radius 1 is 0.969 bits per heavy atom. The molecule has 0 unspecified atom stereocenters. The molecular weight excluding hydrogens is 466 g/mol. The molecule has 5 rings (SSSR count). The zero-order chi connectivity index (χ0) is 21.9. The largest absolute Gasteiger partial charge is 0.435 e. The molecule has 2 aromatic carbocycles. The van der Waals surface area contributed by atoms with Crippen LogP contribution in [0.4, 0.5) is 11.5 Å². The van der Waals surface area contributed by atoms with E-state index >= 15 is 0 Å². The lowest BCUT2D eigenvalue weighted by Crippen LogP contribution is -2.35. The van der Waals surface area contributed by atoms with Crippen molar-refractivity contribution in [2.24, 2.45) is 5.92 Å². The van der Waals surface area contributed by atoms with Gasteiger partial charge < -0.3 is 15.4 Å². The smallest absolute Gasteiger partial charge is 0.248 e. The molecule has 2 aromatic heterocycles. The van der Waals surface area contributed by atoms with Crippen molar-refractivity contribution in [1.29, 1.82) is 0 Å². The molecule has 4 aromatic rings. The third-order valence-electron chi connectivity index (χ3n) is 5.99. The Balaban J connectivity index is 1.32. The number of ether oxygens (including phenoxy) is 1. The lowest BCUT2D eigenvalue weighted by molar-refractivity contribution is 0.401. The summed E-state index contributed by atoms with van der Waals surface area (Å²) < 4.78 is 7.08. The minimum atomic E-state index is 0.357. The van der Waals surface area contributed by atoms with Gasteiger partial charge in [0.05, 0.1) is 0 Å². The van der Waals surface area contributed by atoms with Gasteiger partial charge in [0.15, 0.2) is 11.6 Å². The summed E-state index contributed by atoms with van der Waals surface area (Å²) >= 11 is 3.57. The highest BCUT2D eigenvalue weighted by Gasteiger charge is 2.24. The first-order valence-electron chi connectivity index (χ1n) is 10.8. The number of hydrogen-bond acceptors (Lipinski definition) is 6. The summed E-state index contributed by atoms with van der Waals surface area (Å²) in [4.78, 5) is 15.5. The van der Waals surface area contributed by atoms with Crippen LogP contribution in [0.15, 0.2) is 71.6 Å². The van der Waals surface area contributed by atoms with E-state index in [4.69, 9.17) is 10.5 Å². The molecule has 6 nitrogen and oxygen atoms in total. The molecule has 0 radical (unpaired) electrons. The Bertz CT molecular complexity index is 1230. The Hall–Kier alpha value is -3.19. The second-order valence-electron chi connectivity index (χ2n) is 8.08. The molecule has 1 aliphatic heterocycles. The second kappa shape index (κ2) is 9.12. The van der Waals surface area contributed by atoms with Gasteiger partial charge in [-0.15, -0.1) is 0 Å². The highest BCUT2D eigenvalue weighted by Crippen LogP contribution is 2.37. The van der Waals surface area contributed by atoms with Crippen molar-refractivity contribution in [3.05, 3.63) is 77.2 Å². The number of piperidine rings is 1. The van der Waals surface area contributed by atoms with Crippen molar-refractivity contribution >= 4 is 38.3 Å². The third kappa shape index (κ3) is 4.25. The minimum Gasteiger partial charge on any atom is -0.435 e. The van der Waals surface area contributed by atoms with Crippen molar-refractivity contribution in [2.45, 2.75) is 19.3 Å². The predicted octanol–water partition coefficient (Wildman–Crippen LogP) is 5.62. The average molecular weight is 490 g/mol. The fourth-order valence-electron chi connectivity index (χ4n) is 4.30. The van der Waals surface area contributed by atoms with Gasteiger partial charge in [-0.2, -0.15) is 4.98 Å². The number of fused-ring (bicyclic) bond motifs is 1. The fraction of sp³-hybridized carbons (Fsp3) is 0.240. The molecule has 1 aliphatic rings. The number of anilines is 2. The molecule has 0 bridgehead atoms. The predicted molar refractivity (Wildman–Crippen MR) is 131 cm³/mol. The summed E-state index contributed by atoms with van der Waals surface area (Å²) in [5.41, 5.74) is 9.09. The van der Waals surface area contributed by atoms with Gasteiger partial charge in [-0.25, -0.2) is 4.98 Å². The van der Waals surface area contributed by atoms with Crippen molar-refractivity contribution in [2.75, 3.05) is 23.7 Å². The summed E-state index contributed by atoms with van der Waals surface area (Å²) in [6.07, 6.45) is 6.60.